The second-order valence-corrected chi connectivity index (χ2v) is 4.22. The Bertz CT molecular complexity index is 765. The summed E-state index contributed by atoms with van der Waals surface area (Å²) in [5.41, 5.74) is 7.07. The predicted octanol–water partition coefficient (Wildman–Crippen LogP) is 1.41. The highest BCUT2D eigenvalue weighted by atomic mass is 16.5. The minimum Gasteiger partial charge on any atom is -0.381 e. The second-order valence-electron chi connectivity index (χ2n) is 4.22. The molecule has 0 atom stereocenters. The van der Waals surface area contributed by atoms with Gasteiger partial charge >= 0.3 is 5.69 Å². The van der Waals surface area contributed by atoms with E-state index in [0.29, 0.717) is 11.6 Å². The summed E-state index contributed by atoms with van der Waals surface area (Å²) in [4.78, 5) is 11.8. The summed E-state index contributed by atoms with van der Waals surface area (Å²) < 4.78 is 8.16. The summed E-state index contributed by atoms with van der Waals surface area (Å²) in [5, 5.41) is 3.64. The lowest BCUT2D eigenvalue weighted by Crippen LogP contribution is -2.20. The summed E-state index contributed by atoms with van der Waals surface area (Å²) in [6, 6.07) is 9.05. The van der Waals surface area contributed by atoms with Crippen LogP contribution in [-0.4, -0.2) is 14.3 Å². The van der Waals surface area contributed by atoms with Gasteiger partial charge < -0.3 is 14.8 Å². The highest BCUT2D eigenvalue weighted by Gasteiger charge is 2.06. The van der Waals surface area contributed by atoms with Crippen molar-refractivity contribution in [3.8, 4) is 17.0 Å². The van der Waals surface area contributed by atoms with Crippen LogP contribution in [0.3, 0.4) is 0 Å². The summed E-state index contributed by atoms with van der Waals surface area (Å²) in [7, 11) is 1.71. The van der Waals surface area contributed by atoms with Gasteiger partial charge in [0.15, 0.2) is 11.6 Å². The maximum absolute atomic E-state index is 11.8. The zero-order chi connectivity index (χ0) is 13.4. The van der Waals surface area contributed by atoms with Crippen molar-refractivity contribution in [2.45, 2.75) is 0 Å². The van der Waals surface area contributed by atoms with E-state index in [-0.39, 0.29) is 5.69 Å². The van der Waals surface area contributed by atoms with Crippen LogP contribution in [0.15, 0.2) is 52.0 Å². The first-order valence-electron chi connectivity index (χ1n) is 5.72. The maximum atomic E-state index is 11.8. The largest absolute Gasteiger partial charge is 0.381 e. The van der Waals surface area contributed by atoms with Crippen molar-refractivity contribution in [3.05, 3.63) is 53.2 Å². The lowest BCUT2D eigenvalue weighted by atomic mass is 10.1. The molecular formula is C13H12N4O2. The van der Waals surface area contributed by atoms with Crippen LogP contribution in [0.1, 0.15) is 0 Å². The van der Waals surface area contributed by atoms with Gasteiger partial charge in [-0.3, -0.25) is 4.57 Å². The fraction of sp³-hybridized carbons (Fsp3) is 0.0769. The van der Waals surface area contributed by atoms with Gasteiger partial charge in [0.2, 0.25) is 0 Å². The lowest BCUT2D eigenvalue weighted by molar-refractivity contribution is 0.436. The minimum absolute atomic E-state index is 0.0864. The molecule has 1 aromatic carbocycles. The number of nitrogens with two attached hydrogens (primary N) is 1. The van der Waals surface area contributed by atoms with Crippen molar-refractivity contribution >= 4 is 5.82 Å². The Morgan fingerprint density at radius 3 is 2.47 bits per heavy atom. The van der Waals surface area contributed by atoms with E-state index in [1.807, 2.05) is 24.3 Å². The van der Waals surface area contributed by atoms with Crippen LogP contribution in [0, 0.1) is 0 Å². The third kappa shape index (κ3) is 1.93. The van der Waals surface area contributed by atoms with E-state index < -0.39 is 0 Å². The maximum Gasteiger partial charge on any atom is 0.332 e. The topological polar surface area (TPSA) is 79.0 Å². The van der Waals surface area contributed by atoms with E-state index in [1.54, 1.807) is 30.1 Å². The molecule has 3 rings (SSSR count). The summed E-state index contributed by atoms with van der Waals surface area (Å²) in [6.45, 7) is 0. The van der Waals surface area contributed by atoms with Crippen LogP contribution in [0.2, 0.25) is 0 Å². The zero-order valence-electron chi connectivity index (χ0n) is 10.3. The monoisotopic (exact) mass is 256 g/mol. The Hall–Kier alpha value is -2.76. The number of rotatable bonds is 2. The SMILES string of the molecule is Cn1ccn(-c2ccc(-c3cc(N)no3)cc2)c1=O. The van der Waals surface area contributed by atoms with Gasteiger partial charge in [0.25, 0.3) is 0 Å². The van der Waals surface area contributed by atoms with Crippen LogP contribution >= 0.6 is 0 Å². The number of hydrogen-bond acceptors (Lipinski definition) is 4. The normalized spacial score (nSPS) is 10.8. The minimum atomic E-state index is -0.0864. The van der Waals surface area contributed by atoms with Gasteiger partial charge in [0, 0.05) is 31.1 Å². The average Bonchev–Trinajstić information content (AvgIpc) is 2.98. The molecule has 0 bridgehead atoms. The molecule has 0 aliphatic heterocycles. The Morgan fingerprint density at radius 1 is 1.21 bits per heavy atom. The lowest BCUT2D eigenvalue weighted by Gasteiger charge is -2.02. The van der Waals surface area contributed by atoms with Crippen LogP contribution < -0.4 is 11.4 Å². The molecule has 0 radical (unpaired) electrons. The predicted molar refractivity (Wildman–Crippen MR) is 70.9 cm³/mol. The fourth-order valence-electron chi connectivity index (χ4n) is 1.87. The van der Waals surface area contributed by atoms with E-state index in [1.165, 1.54) is 4.57 Å². The molecule has 0 saturated carbocycles. The quantitative estimate of drug-likeness (QED) is 0.752. The third-order valence-corrected chi connectivity index (χ3v) is 2.91. The molecule has 0 unspecified atom stereocenters. The molecule has 0 aliphatic rings. The van der Waals surface area contributed by atoms with E-state index in [9.17, 15) is 4.79 Å². The summed E-state index contributed by atoms with van der Waals surface area (Å²) in [6.07, 6.45) is 3.44. The van der Waals surface area contributed by atoms with Gasteiger partial charge in [-0.15, -0.1) is 0 Å². The molecule has 2 N–H and O–H groups in total. The number of imidazole rings is 1. The number of nitrogens with zero attached hydrogens (tertiary/aromatic N) is 3. The number of nitrogen functional groups attached to an aromatic ring is 1. The van der Waals surface area contributed by atoms with Crippen LogP contribution in [0.4, 0.5) is 5.82 Å². The molecule has 6 nitrogen and oxygen atoms in total. The van der Waals surface area contributed by atoms with Gasteiger partial charge in [0.1, 0.15) is 0 Å². The third-order valence-electron chi connectivity index (χ3n) is 2.91. The smallest absolute Gasteiger partial charge is 0.332 e. The van der Waals surface area contributed by atoms with E-state index in [2.05, 4.69) is 5.16 Å². The first kappa shape index (κ1) is 11.3. The number of hydrogen-bond donors (Lipinski definition) is 1. The van der Waals surface area contributed by atoms with Gasteiger partial charge in [-0.2, -0.15) is 0 Å². The van der Waals surface area contributed by atoms with Gasteiger partial charge in [-0.05, 0) is 24.3 Å². The molecule has 0 saturated heterocycles. The molecule has 2 heterocycles. The molecule has 0 spiro atoms. The van der Waals surface area contributed by atoms with Crippen molar-refractivity contribution in [1.82, 2.24) is 14.3 Å². The molecule has 3 aromatic rings. The van der Waals surface area contributed by atoms with Gasteiger partial charge in [0.05, 0.1) is 5.69 Å². The van der Waals surface area contributed by atoms with Crippen molar-refractivity contribution in [1.29, 1.82) is 0 Å². The van der Waals surface area contributed by atoms with Crippen molar-refractivity contribution < 1.29 is 4.52 Å². The summed E-state index contributed by atoms with van der Waals surface area (Å²) >= 11 is 0. The average molecular weight is 256 g/mol. The summed E-state index contributed by atoms with van der Waals surface area (Å²) in [5.74, 6) is 0.947. The van der Waals surface area contributed by atoms with Gasteiger partial charge in [-0.25, -0.2) is 4.79 Å². The molecule has 2 aromatic heterocycles. The number of benzene rings is 1. The molecule has 0 aliphatic carbocycles. The molecule has 6 heteroatoms. The Labute approximate surface area is 108 Å². The molecule has 19 heavy (non-hydrogen) atoms. The molecular weight excluding hydrogens is 244 g/mol. The zero-order valence-corrected chi connectivity index (χ0v) is 10.3. The van der Waals surface area contributed by atoms with Crippen LogP contribution in [0.5, 0.6) is 0 Å². The Morgan fingerprint density at radius 2 is 1.95 bits per heavy atom. The Kier molecular flexibility index (Phi) is 2.49. The highest BCUT2D eigenvalue weighted by molar-refractivity contribution is 5.61. The second kappa shape index (κ2) is 4.16. The standard InChI is InChI=1S/C13H12N4O2/c1-16-6-7-17(13(16)18)10-4-2-9(3-5-10)11-8-12(14)15-19-11/h2-8H,1H3,(H2,14,15). The van der Waals surface area contributed by atoms with Crippen LogP contribution in [-0.2, 0) is 7.05 Å². The number of aromatic nitrogens is 3. The van der Waals surface area contributed by atoms with Crippen molar-refractivity contribution in [3.63, 3.8) is 0 Å². The van der Waals surface area contributed by atoms with Crippen LogP contribution in [0.25, 0.3) is 17.0 Å². The Balaban J connectivity index is 1.99. The van der Waals surface area contributed by atoms with E-state index >= 15 is 0 Å². The number of aryl methyl sites for hydroxylation is 1. The van der Waals surface area contributed by atoms with Crippen molar-refractivity contribution in [2.24, 2.45) is 7.05 Å². The first-order valence-corrected chi connectivity index (χ1v) is 5.72. The van der Waals surface area contributed by atoms with E-state index in [4.69, 9.17) is 10.3 Å². The van der Waals surface area contributed by atoms with E-state index in [0.717, 1.165) is 11.3 Å². The van der Waals surface area contributed by atoms with Gasteiger partial charge in [-0.1, -0.05) is 5.16 Å². The number of anilines is 1. The molecule has 0 amide bonds. The molecule has 0 fully saturated rings. The molecule has 96 valence electrons. The highest BCUT2D eigenvalue weighted by Crippen LogP contribution is 2.22. The van der Waals surface area contributed by atoms with Crippen molar-refractivity contribution in [2.75, 3.05) is 5.73 Å². The fourth-order valence-corrected chi connectivity index (χ4v) is 1.87. The first-order chi connectivity index (χ1) is 9.15.